The Morgan fingerprint density at radius 3 is 1.12 bits per heavy atom. The van der Waals surface area contributed by atoms with Crippen molar-refractivity contribution in [2.45, 2.75) is 252 Å². The van der Waals surface area contributed by atoms with Gasteiger partial charge in [-0.3, -0.25) is 14.4 Å². The molecule has 64 heavy (non-hydrogen) atoms. The zero-order valence-electron chi connectivity index (χ0n) is 41.8. The molecule has 0 aromatic heterocycles. The Bertz CT molecular complexity index is 1250. The molecular formula is C58H98O6. The molecule has 0 fully saturated rings. The normalized spacial score (nSPS) is 12.7. The predicted octanol–water partition coefficient (Wildman–Crippen LogP) is 17.6. The molecule has 0 aliphatic rings. The topological polar surface area (TPSA) is 78.9 Å². The molecule has 6 nitrogen and oxygen atoms in total. The average molecular weight is 891 g/mol. The van der Waals surface area contributed by atoms with Crippen LogP contribution in [0.2, 0.25) is 0 Å². The maximum Gasteiger partial charge on any atom is 0.306 e. The standard InChI is InChI=1S/C58H98O6/c1-4-7-10-13-16-19-22-25-27-28-29-30-32-33-36-39-42-45-48-51-57(60)63-54-55(53-62-56(59)50-47-44-41-38-35-24-21-18-15-12-9-6-3)64-58(61)52-49-46-43-40-37-34-31-26-23-20-17-14-11-8-5-2/h8-9,11-12,14,16-23,25,55H,4-7,10,13,15,24,26-54H2,1-3H3/b11-8-,12-9-,17-14-,19-16-,21-18-,23-20-,25-22-. The smallest absolute Gasteiger partial charge is 0.306 e. The molecule has 0 heterocycles. The molecular weight excluding hydrogens is 793 g/mol. The van der Waals surface area contributed by atoms with Crippen LogP contribution in [-0.2, 0) is 28.6 Å². The summed E-state index contributed by atoms with van der Waals surface area (Å²) < 4.78 is 16.8. The van der Waals surface area contributed by atoms with Gasteiger partial charge in [0, 0.05) is 19.3 Å². The van der Waals surface area contributed by atoms with E-state index in [1.807, 2.05) is 0 Å². The minimum absolute atomic E-state index is 0.0883. The van der Waals surface area contributed by atoms with Gasteiger partial charge in [0.1, 0.15) is 13.2 Å². The Balaban J connectivity index is 4.38. The second kappa shape index (κ2) is 52.2. The molecule has 0 N–H and O–H groups in total. The van der Waals surface area contributed by atoms with Gasteiger partial charge in [-0.25, -0.2) is 0 Å². The number of allylic oxidation sites excluding steroid dienone is 14. The number of hydrogen-bond acceptors (Lipinski definition) is 6. The van der Waals surface area contributed by atoms with Crippen LogP contribution < -0.4 is 0 Å². The fraction of sp³-hybridized carbons (Fsp3) is 0.707. The summed E-state index contributed by atoms with van der Waals surface area (Å²) in [5.74, 6) is -0.918. The molecule has 0 aromatic rings. The number of carbonyl (C=O) groups excluding carboxylic acids is 3. The minimum atomic E-state index is -0.790. The van der Waals surface area contributed by atoms with Crippen molar-refractivity contribution in [3.8, 4) is 0 Å². The zero-order chi connectivity index (χ0) is 46.5. The van der Waals surface area contributed by atoms with Crippen LogP contribution >= 0.6 is 0 Å². The molecule has 1 atom stereocenters. The molecule has 0 amide bonds. The van der Waals surface area contributed by atoms with E-state index in [-0.39, 0.29) is 31.1 Å². The molecule has 0 aliphatic heterocycles. The van der Waals surface area contributed by atoms with Crippen LogP contribution in [0.1, 0.15) is 245 Å². The van der Waals surface area contributed by atoms with Crippen molar-refractivity contribution in [3.63, 3.8) is 0 Å². The van der Waals surface area contributed by atoms with E-state index < -0.39 is 6.10 Å². The van der Waals surface area contributed by atoms with Crippen molar-refractivity contribution >= 4 is 17.9 Å². The van der Waals surface area contributed by atoms with Crippen LogP contribution in [0.3, 0.4) is 0 Å². The third-order valence-corrected chi connectivity index (χ3v) is 11.2. The van der Waals surface area contributed by atoms with Crippen LogP contribution in [0, 0.1) is 0 Å². The quantitative estimate of drug-likeness (QED) is 0.0199. The summed E-state index contributed by atoms with van der Waals surface area (Å²) in [5, 5.41) is 0. The van der Waals surface area contributed by atoms with Crippen LogP contribution in [0.15, 0.2) is 85.1 Å². The van der Waals surface area contributed by atoms with Gasteiger partial charge in [-0.1, -0.05) is 221 Å². The summed E-state index contributed by atoms with van der Waals surface area (Å²) in [6.45, 7) is 6.35. The lowest BCUT2D eigenvalue weighted by Crippen LogP contribution is -2.30. The summed E-state index contributed by atoms with van der Waals surface area (Å²) in [6.07, 6.45) is 67.1. The van der Waals surface area contributed by atoms with Gasteiger partial charge in [0.05, 0.1) is 0 Å². The molecule has 6 heteroatoms. The monoisotopic (exact) mass is 891 g/mol. The second-order valence-corrected chi connectivity index (χ2v) is 17.5. The lowest BCUT2D eigenvalue weighted by atomic mass is 10.1. The molecule has 1 unspecified atom stereocenters. The van der Waals surface area contributed by atoms with E-state index in [2.05, 4.69) is 106 Å². The van der Waals surface area contributed by atoms with Gasteiger partial charge in [-0.05, 0) is 89.9 Å². The number of esters is 3. The highest BCUT2D eigenvalue weighted by Gasteiger charge is 2.19. The first-order chi connectivity index (χ1) is 31.5. The van der Waals surface area contributed by atoms with Gasteiger partial charge in [0.15, 0.2) is 6.10 Å². The van der Waals surface area contributed by atoms with E-state index in [1.54, 1.807) is 0 Å². The highest BCUT2D eigenvalue weighted by molar-refractivity contribution is 5.71. The van der Waals surface area contributed by atoms with E-state index in [0.717, 1.165) is 103 Å². The Kier molecular flexibility index (Phi) is 49.4. The molecule has 0 bridgehead atoms. The first kappa shape index (κ1) is 60.6. The summed E-state index contributed by atoms with van der Waals surface area (Å²) in [7, 11) is 0. The predicted molar refractivity (Wildman–Crippen MR) is 274 cm³/mol. The zero-order valence-corrected chi connectivity index (χ0v) is 41.8. The first-order valence-electron chi connectivity index (χ1n) is 26.6. The average Bonchev–Trinajstić information content (AvgIpc) is 3.29. The molecule has 0 aliphatic carbocycles. The van der Waals surface area contributed by atoms with Crippen LogP contribution in [-0.4, -0.2) is 37.2 Å². The maximum atomic E-state index is 12.8. The minimum Gasteiger partial charge on any atom is -0.462 e. The number of rotatable bonds is 47. The van der Waals surface area contributed by atoms with Crippen LogP contribution in [0.25, 0.3) is 0 Å². The van der Waals surface area contributed by atoms with Gasteiger partial charge < -0.3 is 14.2 Å². The first-order valence-corrected chi connectivity index (χ1v) is 26.6. The third kappa shape index (κ3) is 49.6. The summed E-state index contributed by atoms with van der Waals surface area (Å²) in [6, 6.07) is 0. The molecule has 0 aromatic carbocycles. The van der Waals surface area contributed by atoms with Crippen molar-refractivity contribution in [2.24, 2.45) is 0 Å². The largest absolute Gasteiger partial charge is 0.462 e. The van der Waals surface area contributed by atoms with E-state index in [1.165, 1.54) is 103 Å². The second-order valence-electron chi connectivity index (χ2n) is 17.5. The SMILES string of the molecule is CC\C=C/C=C\C=C/CCCCCCCCCC(=O)OC(COC(=O)CCCCCCC/C=C\C/C=C\CC)COC(=O)CCCCCCCCCCCC/C=C\C=C/CCCCC. The van der Waals surface area contributed by atoms with Gasteiger partial charge in [0.25, 0.3) is 0 Å². The van der Waals surface area contributed by atoms with Gasteiger partial charge in [-0.15, -0.1) is 0 Å². The van der Waals surface area contributed by atoms with E-state index in [0.29, 0.717) is 19.3 Å². The Labute approximate surface area is 395 Å². The Morgan fingerprint density at radius 2 is 0.688 bits per heavy atom. The van der Waals surface area contributed by atoms with Crippen molar-refractivity contribution in [3.05, 3.63) is 85.1 Å². The van der Waals surface area contributed by atoms with Crippen molar-refractivity contribution in [1.29, 1.82) is 0 Å². The summed E-state index contributed by atoms with van der Waals surface area (Å²) in [4.78, 5) is 38.0. The maximum absolute atomic E-state index is 12.8. The molecule has 0 saturated heterocycles. The van der Waals surface area contributed by atoms with Crippen LogP contribution in [0.4, 0.5) is 0 Å². The molecule has 0 radical (unpaired) electrons. The molecule has 0 saturated carbocycles. The molecule has 0 spiro atoms. The van der Waals surface area contributed by atoms with E-state index in [4.69, 9.17) is 14.2 Å². The summed E-state index contributed by atoms with van der Waals surface area (Å²) in [5.41, 5.74) is 0. The fourth-order valence-electron chi connectivity index (χ4n) is 7.24. The van der Waals surface area contributed by atoms with Crippen molar-refractivity contribution < 1.29 is 28.6 Å². The van der Waals surface area contributed by atoms with Crippen molar-refractivity contribution in [2.75, 3.05) is 13.2 Å². The number of hydrogen-bond donors (Lipinski definition) is 0. The number of carbonyl (C=O) groups is 3. The van der Waals surface area contributed by atoms with Gasteiger partial charge in [-0.2, -0.15) is 0 Å². The van der Waals surface area contributed by atoms with Gasteiger partial charge in [0.2, 0.25) is 0 Å². The third-order valence-electron chi connectivity index (χ3n) is 11.2. The number of ether oxygens (including phenoxy) is 3. The Hall–Kier alpha value is -3.41. The Morgan fingerprint density at radius 1 is 0.344 bits per heavy atom. The fourth-order valence-corrected chi connectivity index (χ4v) is 7.24. The molecule has 0 rings (SSSR count). The highest BCUT2D eigenvalue weighted by Crippen LogP contribution is 2.15. The lowest BCUT2D eigenvalue weighted by molar-refractivity contribution is -0.167. The van der Waals surface area contributed by atoms with Crippen molar-refractivity contribution in [1.82, 2.24) is 0 Å². The van der Waals surface area contributed by atoms with Crippen LogP contribution in [0.5, 0.6) is 0 Å². The number of unbranched alkanes of at least 4 members (excludes halogenated alkanes) is 25. The van der Waals surface area contributed by atoms with E-state index >= 15 is 0 Å². The highest BCUT2D eigenvalue weighted by atomic mass is 16.6. The molecule has 366 valence electrons. The summed E-state index contributed by atoms with van der Waals surface area (Å²) >= 11 is 0. The van der Waals surface area contributed by atoms with Gasteiger partial charge >= 0.3 is 17.9 Å². The lowest BCUT2D eigenvalue weighted by Gasteiger charge is -2.18. The van der Waals surface area contributed by atoms with E-state index in [9.17, 15) is 14.4 Å².